The van der Waals surface area contributed by atoms with E-state index in [4.69, 9.17) is 9.47 Å². The van der Waals surface area contributed by atoms with Gasteiger partial charge in [-0.15, -0.1) is 0 Å². The third-order valence-corrected chi connectivity index (χ3v) is 6.84. The van der Waals surface area contributed by atoms with Crippen LogP contribution < -0.4 is 9.47 Å². The van der Waals surface area contributed by atoms with Crippen LogP contribution in [0.5, 0.6) is 11.5 Å². The summed E-state index contributed by atoms with van der Waals surface area (Å²) in [6, 6.07) is 27.0. The lowest BCUT2D eigenvalue weighted by Gasteiger charge is -2.14. The van der Waals surface area contributed by atoms with Crippen LogP contribution in [0.25, 0.3) is 16.8 Å². The Hall–Kier alpha value is -4.63. The lowest BCUT2D eigenvalue weighted by molar-refractivity contribution is -0.385. The van der Waals surface area contributed by atoms with E-state index in [0.29, 0.717) is 27.5 Å². The number of ether oxygens (including phenoxy) is 2. The summed E-state index contributed by atoms with van der Waals surface area (Å²) < 4.78 is 11.7. The number of amides is 2. The van der Waals surface area contributed by atoms with Gasteiger partial charge in [-0.3, -0.25) is 24.6 Å². The molecule has 38 heavy (non-hydrogen) atoms. The number of para-hydroxylation sites is 1. The Labute approximate surface area is 222 Å². The van der Waals surface area contributed by atoms with Gasteiger partial charge in [0.25, 0.3) is 16.8 Å². The number of thioether (sulfide) groups is 1. The molecule has 1 saturated heterocycles. The summed E-state index contributed by atoms with van der Waals surface area (Å²) in [5.74, 6) is 0.802. The predicted octanol–water partition coefficient (Wildman–Crippen LogP) is 6.44. The maximum absolute atomic E-state index is 12.9. The second kappa shape index (κ2) is 11.2. The monoisotopic (exact) mass is 526 g/mol. The molecular weight excluding hydrogens is 504 g/mol. The van der Waals surface area contributed by atoms with Gasteiger partial charge in [0.2, 0.25) is 0 Å². The number of carbonyl (C=O) groups excluding carboxylic acids is 2. The molecule has 1 fully saturated rings. The Morgan fingerprint density at radius 3 is 2.53 bits per heavy atom. The van der Waals surface area contributed by atoms with Crippen molar-refractivity contribution < 1.29 is 24.0 Å². The molecule has 0 saturated carbocycles. The van der Waals surface area contributed by atoms with E-state index in [2.05, 4.69) is 0 Å². The molecule has 1 aliphatic rings. The molecule has 0 unspecified atom stereocenters. The van der Waals surface area contributed by atoms with Gasteiger partial charge < -0.3 is 9.47 Å². The zero-order valence-corrected chi connectivity index (χ0v) is 20.9. The zero-order chi connectivity index (χ0) is 26.5. The van der Waals surface area contributed by atoms with Crippen LogP contribution in [0.2, 0.25) is 0 Å². The van der Waals surface area contributed by atoms with Crippen molar-refractivity contribution in [3.8, 4) is 11.5 Å². The standard InChI is InChI=1S/C29H22N2O6S/c32-28-27(18-20-7-5-11-23(17-20)37-19-22-9-2-4-13-25(22)31(34)35)38-29(33)30(28)15-16-36-26-14-6-10-21-8-1-3-12-24(21)26/h1-14,17-18H,15-16,19H2/b27-18-. The molecule has 4 aromatic carbocycles. The van der Waals surface area contributed by atoms with E-state index < -0.39 is 4.92 Å². The number of imide groups is 1. The largest absolute Gasteiger partial charge is 0.491 e. The highest BCUT2D eigenvalue weighted by atomic mass is 32.2. The van der Waals surface area contributed by atoms with Gasteiger partial charge in [0.15, 0.2) is 0 Å². The number of hydrogen-bond donors (Lipinski definition) is 0. The molecule has 4 aromatic rings. The van der Waals surface area contributed by atoms with Gasteiger partial charge in [-0.2, -0.15) is 0 Å². The van der Waals surface area contributed by atoms with Gasteiger partial charge >= 0.3 is 0 Å². The molecule has 0 bridgehead atoms. The highest BCUT2D eigenvalue weighted by molar-refractivity contribution is 8.18. The van der Waals surface area contributed by atoms with Gasteiger partial charge in [0.1, 0.15) is 24.7 Å². The molecule has 1 heterocycles. The summed E-state index contributed by atoms with van der Waals surface area (Å²) in [6.45, 7) is 0.326. The average Bonchev–Trinajstić information content (AvgIpc) is 3.19. The number of carbonyl (C=O) groups is 2. The number of hydrogen-bond acceptors (Lipinski definition) is 7. The van der Waals surface area contributed by atoms with Crippen molar-refractivity contribution in [1.29, 1.82) is 0 Å². The SMILES string of the molecule is O=C1S/C(=C\c2cccc(OCc3ccccc3[N+](=O)[O-])c2)C(=O)N1CCOc1cccc2ccccc12. The van der Waals surface area contributed by atoms with Crippen LogP contribution in [0.15, 0.2) is 95.9 Å². The Kier molecular flexibility index (Phi) is 7.37. The van der Waals surface area contributed by atoms with Crippen LogP contribution in [0.4, 0.5) is 10.5 Å². The number of benzene rings is 4. The smallest absolute Gasteiger partial charge is 0.293 e. The number of rotatable bonds is 9. The molecule has 8 nitrogen and oxygen atoms in total. The Bertz CT molecular complexity index is 1560. The summed E-state index contributed by atoms with van der Waals surface area (Å²) in [6.07, 6.45) is 1.63. The fourth-order valence-corrected chi connectivity index (χ4v) is 4.94. The average molecular weight is 527 g/mol. The molecule has 0 N–H and O–H groups in total. The Balaban J connectivity index is 1.22. The number of nitro benzene ring substituents is 1. The lowest BCUT2D eigenvalue weighted by atomic mass is 10.1. The Morgan fingerprint density at radius 2 is 1.66 bits per heavy atom. The topological polar surface area (TPSA) is 99.0 Å². The van der Waals surface area contributed by atoms with E-state index in [9.17, 15) is 19.7 Å². The predicted molar refractivity (Wildman–Crippen MR) is 146 cm³/mol. The first kappa shape index (κ1) is 25.0. The molecule has 2 amide bonds. The first-order valence-corrected chi connectivity index (χ1v) is 12.6. The first-order chi connectivity index (χ1) is 18.5. The Morgan fingerprint density at radius 1 is 0.895 bits per heavy atom. The fraction of sp³-hybridized carbons (Fsp3) is 0.103. The van der Waals surface area contributed by atoms with Crippen molar-refractivity contribution in [2.24, 2.45) is 0 Å². The maximum Gasteiger partial charge on any atom is 0.293 e. The molecule has 0 atom stereocenters. The summed E-state index contributed by atoms with van der Waals surface area (Å²) in [5.41, 5.74) is 1.11. The fourth-order valence-electron chi connectivity index (χ4n) is 4.08. The molecule has 0 spiro atoms. The third-order valence-electron chi connectivity index (χ3n) is 5.93. The van der Waals surface area contributed by atoms with Crippen LogP contribution in [-0.2, 0) is 11.4 Å². The molecule has 190 valence electrons. The van der Waals surface area contributed by atoms with E-state index in [1.165, 1.54) is 11.0 Å². The van der Waals surface area contributed by atoms with Crippen LogP contribution in [0, 0.1) is 10.1 Å². The van der Waals surface area contributed by atoms with Gasteiger partial charge in [0.05, 0.1) is 21.9 Å². The van der Waals surface area contributed by atoms with Gasteiger partial charge in [-0.1, -0.05) is 60.7 Å². The second-order valence-electron chi connectivity index (χ2n) is 8.41. The first-order valence-electron chi connectivity index (χ1n) is 11.8. The van der Waals surface area contributed by atoms with Gasteiger partial charge in [-0.05, 0) is 53.1 Å². The highest BCUT2D eigenvalue weighted by Gasteiger charge is 2.34. The quantitative estimate of drug-likeness (QED) is 0.141. The minimum Gasteiger partial charge on any atom is -0.491 e. The number of nitro groups is 1. The molecule has 9 heteroatoms. The lowest BCUT2D eigenvalue weighted by Crippen LogP contribution is -2.32. The van der Waals surface area contributed by atoms with Crippen molar-refractivity contribution in [1.82, 2.24) is 4.90 Å². The summed E-state index contributed by atoms with van der Waals surface area (Å²) in [7, 11) is 0. The number of nitrogens with zero attached hydrogens (tertiary/aromatic N) is 2. The van der Waals surface area contributed by atoms with E-state index in [1.54, 1.807) is 48.5 Å². The molecule has 1 aliphatic heterocycles. The zero-order valence-electron chi connectivity index (χ0n) is 20.1. The highest BCUT2D eigenvalue weighted by Crippen LogP contribution is 2.33. The van der Waals surface area contributed by atoms with E-state index in [0.717, 1.165) is 22.5 Å². The van der Waals surface area contributed by atoms with Crippen LogP contribution in [0.3, 0.4) is 0 Å². The third kappa shape index (κ3) is 5.52. The molecule has 0 aromatic heterocycles. The van der Waals surface area contributed by atoms with E-state index in [1.807, 2.05) is 42.5 Å². The van der Waals surface area contributed by atoms with E-state index in [-0.39, 0.29) is 36.6 Å². The van der Waals surface area contributed by atoms with Gasteiger partial charge in [-0.25, -0.2) is 0 Å². The van der Waals surface area contributed by atoms with Crippen molar-refractivity contribution >= 4 is 45.4 Å². The van der Waals surface area contributed by atoms with Gasteiger partial charge in [0, 0.05) is 11.5 Å². The van der Waals surface area contributed by atoms with Crippen LogP contribution in [-0.4, -0.2) is 34.1 Å². The molecule has 0 aliphatic carbocycles. The van der Waals surface area contributed by atoms with Crippen molar-refractivity contribution in [2.75, 3.05) is 13.2 Å². The molecular formula is C29H22N2O6S. The second-order valence-corrected chi connectivity index (χ2v) is 9.40. The summed E-state index contributed by atoms with van der Waals surface area (Å²) in [4.78, 5) is 37.7. The normalized spacial score (nSPS) is 14.3. The summed E-state index contributed by atoms with van der Waals surface area (Å²) in [5, 5.41) is 12.9. The van der Waals surface area contributed by atoms with Crippen LogP contribution in [0.1, 0.15) is 11.1 Å². The van der Waals surface area contributed by atoms with Crippen LogP contribution >= 0.6 is 11.8 Å². The van der Waals surface area contributed by atoms with Crippen molar-refractivity contribution in [2.45, 2.75) is 6.61 Å². The van der Waals surface area contributed by atoms with Crippen molar-refractivity contribution in [3.05, 3.63) is 117 Å². The van der Waals surface area contributed by atoms with Crippen molar-refractivity contribution in [3.63, 3.8) is 0 Å². The maximum atomic E-state index is 12.9. The minimum atomic E-state index is -0.446. The minimum absolute atomic E-state index is 0.0123. The molecule has 5 rings (SSSR count). The number of fused-ring (bicyclic) bond motifs is 1. The summed E-state index contributed by atoms with van der Waals surface area (Å²) >= 11 is 0.874. The van der Waals surface area contributed by atoms with E-state index >= 15 is 0 Å². The molecule has 0 radical (unpaired) electrons.